The molecule has 1 aliphatic rings. The van der Waals surface area contributed by atoms with Gasteiger partial charge in [0.15, 0.2) is 0 Å². The summed E-state index contributed by atoms with van der Waals surface area (Å²) < 4.78 is 2.25. The van der Waals surface area contributed by atoms with E-state index in [0.29, 0.717) is 6.04 Å². The van der Waals surface area contributed by atoms with E-state index in [-0.39, 0.29) is 0 Å². The lowest BCUT2D eigenvalue weighted by molar-refractivity contribution is 0.567. The first kappa shape index (κ1) is 9.46. The van der Waals surface area contributed by atoms with Gasteiger partial charge >= 0.3 is 0 Å². The third-order valence-corrected chi connectivity index (χ3v) is 3.41. The van der Waals surface area contributed by atoms with Crippen molar-refractivity contribution in [2.24, 2.45) is 0 Å². The molecule has 3 nitrogen and oxygen atoms in total. The first-order valence-corrected chi connectivity index (χ1v) is 5.62. The quantitative estimate of drug-likeness (QED) is 0.739. The molecule has 2 N–H and O–H groups in total. The van der Waals surface area contributed by atoms with E-state index in [9.17, 15) is 0 Å². The molecule has 1 unspecified atom stereocenters. The molecule has 1 aliphatic carbocycles. The molecule has 0 saturated carbocycles. The molecule has 16 heavy (non-hydrogen) atoms. The lowest BCUT2D eigenvalue weighted by Crippen LogP contribution is -2.07. The Labute approximate surface area is 94.9 Å². The molecule has 0 amide bonds. The Morgan fingerprint density at radius 2 is 2.31 bits per heavy atom. The highest BCUT2D eigenvalue weighted by Gasteiger charge is 2.24. The zero-order chi connectivity index (χ0) is 11.1. The van der Waals surface area contributed by atoms with E-state index in [4.69, 9.17) is 5.73 Å². The van der Waals surface area contributed by atoms with E-state index in [1.807, 2.05) is 18.6 Å². The summed E-state index contributed by atoms with van der Waals surface area (Å²) in [5, 5.41) is 0. The summed E-state index contributed by atoms with van der Waals surface area (Å²) in [7, 11) is 0. The Morgan fingerprint density at radius 1 is 1.44 bits per heavy atom. The molecule has 0 bridgehead atoms. The predicted molar refractivity (Wildman–Crippen MR) is 64.3 cm³/mol. The maximum Gasteiger partial charge on any atom is 0.0953 e. The van der Waals surface area contributed by atoms with E-state index >= 15 is 0 Å². The molecule has 1 aromatic heterocycles. The van der Waals surface area contributed by atoms with Gasteiger partial charge in [-0.2, -0.15) is 0 Å². The summed E-state index contributed by atoms with van der Waals surface area (Å²) >= 11 is 0. The predicted octanol–water partition coefficient (Wildman–Crippen LogP) is 2.31. The fourth-order valence-electron chi connectivity index (χ4n) is 2.60. The number of aryl methyl sites for hydroxylation is 2. The number of rotatable bonds is 1. The van der Waals surface area contributed by atoms with Crippen molar-refractivity contribution in [2.75, 3.05) is 5.73 Å². The highest BCUT2D eigenvalue weighted by Crippen LogP contribution is 2.35. The topological polar surface area (TPSA) is 43.8 Å². The standard InChI is InChI=1S/C13H15N3/c1-9-7-15-8-16(9)13-5-2-10-6-11(14)3-4-12(10)13/h3-4,6-8,13H,2,5,14H2,1H3. The minimum Gasteiger partial charge on any atom is -0.399 e. The molecule has 0 radical (unpaired) electrons. The summed E-state index contributed by atoms with van der Waals surface area (Å²) in [4.78, 5) is 4.20. The number of hydrogen-bond donors (Lipinski definition) is 1. The first-order chi connectivity index (χ1) is 7.75. The molecule has 2 aromatic rings. The van der Waals surface area contributed by atoms with Gasteiger partial charge in [-0.15, -0.1) is 0 Å². The Balaban J connectivity index is 2.07. The van der Waals surface area contributed by atoms with Crippen molar-refractivity contribution in [3.05, 3.63) is 47.5 Å². The van der Waals surface area contributed by atoms with E-state index in [1.165, 1.54) is 16.8 Å². The number of imidazole rings is 1. The van der Waals surface area contributed by atoms with E-state index in [2.05, 4.69) is 28.6 Å². The molecule has 1 aromatic carbocycles. The second-order valence-corrected chi connectivity index (χ2v) is 4.46. The van der Waals surface area contributed by atoms with Gasteiger partial charge in [0.2, 0.25) is 0 Å². The number of nitrogens with two attached hydrogens (primary N) is 1. The summed E-state index contributed by atoms with van der Waals surface area (Å²) in [6.07, 6.45) is 6.10. The minimum absolute atomic E-state index is 0.443. The normalized spacial score (nSPS) is 18.7. The molecule has 3 rings (SSSR count). The Bertz CT molecular complexity index is 528. The number of benzene rings is 1. The minimum atomic E-state index is 0.443. The number of hydrogen-bond acceptors (Lipinski definition) is 2. The lowest BCUT2D eigenvalue weighted by atomic mass is 10.1. The highest BCUT2D eigenvalue weighted by molar-refractivity contribution is 5.48. The van der Waals surface area contributed by atoms with Crippen LogP contribution in [0.15, 0.2) is 30.7 Å². The Kier molecular flexibility index (Phi) is 1.99. The van der Waals surface area contributed by atoms with Crippen molar-refractivity contribution in [1.82, 2.24) is 9.55 Å². The second-order valence-electron chi connectivity index (χ2n) is 4.46. The average Bonchev–Trinajstić information content (AvgIpc) is 2.83. The van der Waals surface area contributed by atoms with Crippen molar-refractivity contribution in [3.63, 3.8) is 0 Å². The van der Waals surface area contributed by atoms with Gasteiger partial charge in [0.1, 0.15) is 0 Å². The SMILES string of the molecule is Cc1cncn1C1CCc2cc(N)ccc21. The van der Waals surface area contributed by atoms with Crippen molar-refractivity contribution in [2.45, 2.75) is 25.8 Å². The molecule has 0 spiro atoms. The van der Waals surface area contributed by atoms with Crippen molar-refractivity contribution < 1.29 is 0 Å². The zero-order valence-electron chi connectivity index (χ0n) is 9.35. The molecule has 0 aliphatic heterocycles. The van der Waals surface area contributed by atoms with Crippen LogP contribution >= 0.6 is 0 Å². The summed E-state index contributed by atoms with van der Waals surface area (Å²) in [5.41, 5.74) is 10.7. The van der Waals surface area contributed by atoms with Gasteiger partial charge in [0.25, 0.3) is 0 Å². The van der Waals surface area contributed by atoms with Crippen LogP contribution in [0.1, 0.15) is 29.3 Å². The molecule has 0 fully saturated rings. The molecule has 82 valence electrons. The van der Waals surface area contributed by atoms with Crippen LogP contribution in [-0.4, -0.2) is 9.55 Å². The largest absolute Gasteiger partial charge is 0.399 e. The Morgan fingerprint density at radius 3 is 3.06 bits per heavy atom. The van der Waals surface area contributed by atoms with Crippen LogP contribution in [0.4, 0.5) is 5.69 Å². The van der Waals surface area contributed by atoms with Gasteiger partial charge in [-0.05, 0) is 43.0 Å². The van der Waals surface area contributed by atoms with Crippen LogP contribution in [0.3, 0.4) is 0 Å². The molecule has 0 saturated heterocycles. The fraction of sp³-hybridized carbons (Fsp3) is 0.308. The van der Waals surface area contributed by atoms with Gasteiger partial charge in [-0.25, -0.2) is 4.98 Å². The van der Waals surface area contributed by atoms with Gasteiger partial charge in [-0.1, -0.05) is 6.07 Å². The third-order valence-electron chi connectivity index (χ3n) is 3.41. The molecular formula is C13H15N3. The van der Waals surface area contributed by atoms with Crippen LogP contribution < -0.4 is 5.73 Å². The first-order valence-electron chi connectivity index (χ1n) is 5.62. The monoisotopic (exact) mass is 213 g/mol. The van der Waals surface area contributed by atoms with Crippen molar-refractivity contribution in [3.8, 4) is 0 Å². The van der Waals surface area contributed by atoms with E-state index in [0.717, 1.165) is 18.5 Å². The maximum atomic E-state index is 5.81. The van der Waals surface area contributed by atoms with Crippen molar-refractivity contribution >= 4 is 5.69 Å². The smallest absolute Gasteiger partial charge is 0.0953 e. The molecule has 3 heteroatoms. The average molecular weight is 213 g/mol. The maximum absolute atomic E-state index is 5.81. The van der Waals surface area contributed by atoms with Gasteiger partial charge in [0.05, 0.1) is 12.4 Å². The number of aromatic nitrogens is 2. The number of fused-ring (bicyclic) bond motifs is 1. The molecular weight excluding hydrogens is 198 g/mol. The summed E-state index contributed by atoms with van der Waals surface area (Å²) in [5.74, 6) is 0. The zero-order valence-corrected chi connectivity index (χ0v) is 9.35. The third kappa shape index (κ3) is 1.32. The highest BCUT2D eigenvalue weighted by atomic mass is 15.1. The number of nitrogens with zero attached hydrogens (tertiary/aromatic N) is 2. The van der Waals surface area contributed by atoms with E-state index < -0.39 is 0 Å². The molecule has 1 atom stereocenters. The lowest BCUT2D eigenvalue weighted by Gasteiger charge is -2.15. The van der Waals surface area contributed by atoms with Gasteiger partial charge in [-0.3, -0.25) is 0 Å². The second kappa shape index (κ2) is 3.37. The van der Waals surface area contributed by atoms with Gasteiger partial charge < -0.3 is 10.3 Å². The fourth-order valence-corrected chi connectivity index (χ4v) is 2.60. The van der Waals surface area contributed by atoms with Crippen LogP contribution in [0.25, 0.3) is 0 Å². The number of nitrogen functional groups attached to an aromatic ring is 1. The van der Waals surface area contributed by atoms with E-state index in [1.54, 1.807) is 0 Å². The van der Waals surface area contributed by atoms with Crippen molar-refractivity contribution in [1.29, 1.82) is 0 Å². The molecule has 1 heterocycles. The van der Waals surface area contributed by atoms with Crippen LogP contribution in [0, 0.1) is 6.92 Å². The van der Waals surface area contributed by atoms with Gasteiger partial charge in [0, 0.05) is 17.6 Å². The number of anilines is 1. The van der Waals surface area contributed by atoms with Crippen LogP contribution in [0.5, 0.6) is 0 Å². The van der Waals surface area contributed by atoms with Crippen LogP contribution in [0.2, 0.25) is 0 Å². The summed E-state index contributed by atoms with van der Waals surface area (Å²) in [6.45, 7) is 2.10. The Hall–Kier alpha value is -1.77. The van der Waals surface area contributed by atoms with Crippen LogP contribution in [-0.2, 0) is 6.42 Å². The summed E-state index contributed by atoms with van der Waals surface area (Å²) in [6, 6.07) is 6.69.